The van der Waals surface area contributed by atoms with E-state index >= 15 is 0 Å². The molecule has 12 heavy (non-hydrogen) atoms. The first-order chi connectivity index (χ1) is 5.41. The molecule has 1 atom stereocenters. The van der Waals surface area contributed by atoms with Gasteiger partial charge in [0, 0.05) is 10.3 Å². The highest BCUT2D eigenvalue weighted by Gasteiger charge is 2.40. The van der Waals surface area contributed by atoms with E-state index in [2.05, 4.69) is 0 Å². The molecule has 68 valence electrons. The van der Waals surface area contributed by atoms with Gasteiger partial charge in [-0.3, -0.25) is 0 Å². The molecule has 1 rings (SSSR count). The molecular formula is C6H4ClF3OS. The summed E-state index contributed by atoms with van der Waals surface area (Å²) < 4.78 is 35.6. The van der Waals surface area contributed by atoms with Gasteiger partial charge in [0.15, 0.2) is 6.10 Å². The monoisotopic (exact) mass is 216 g/mol. The van der Waals surface area contributed by atoms with Gasteiger partial charge in [-0.15, -0.1) is 11.3 Å². The molecule has 1 nitrogen and oxygen atoms in total. The first-order valence-electron chi connectivity index (χ1n) is 2.90. The Hall–Kier alpha value is -0.260. The highest BCUT2D eigenvalue weighted by molar-refractivity contribution is 7.10. The second-order valence-corrected chi connectivity index (χ2v) is 3.49. The number of thiophene rings is 1. The third-order valence-electron chi connectivity index (χ3n) is 1.17. The number of aliphatic hydroxyl groups is 1. The van der Waals surface area contributed by atoms with E-state index in [0.29, 0.717) is 0 Å². The van der Waals surface area contributed by atoms with Crippen LogP contribution in [0.25, 0.3) is 0 Å². The van der Waals surface area contributed by atoms with Crippen molar-refractivity contribution < 1.29 is 18.3 Å². The molecule has 0 bridgehead atoms. The summed E-state index contributed by atoms with van der Waals surface area (Å²) in [4.78, 5) is -0.187. The summed E-state index contributed by atoms with van der Waals surface area (Å²) in [6, 6.07) is 1.10. The fraction of sp³-hybridized carbons (Fsp3) is 0.333. The smallest absolute Gasteiger partial charge is 0.379 e. The molecule has 1 aromatic heterocycles. The van der Waals surface area contributed by atoms with Gasteiger partial charge in [-0.25, -0.2) is 0 Å². The number of halogens is 4. The average Bonchev–Trinajstić information content (AvgIpc) is 2.32. The SMILES string of the molecule is O[C@H](c1cc(Cl)cs1)C(F)(F)F. The fourth-order valence-corrected chi connectivity index (χ4v) is 1.72. The molecule has 0 saturated carbocycles. The number of hydrogen-bond acceptors (Lipinski definition) is 2. The molecular weight excluding hydrogens is 213 g/mol. The lowest BCUT2D eigenvalue weighted by Crippen LogP contribution is -2.18. The minimum Gasteiger partial charge on any atom is -0.379 e. The Morgan fingerprint density at radius 3 is 2.42 bits per heavy atom. The third kappa shape index (κ3) is 2.12. The van der Waals surface area contributed by atoms with Crippen LogP contribution in [0.2, 0.25) is 5.02 Å². The summed E-state index contributed by atoms with van der Waals surface area (Å²) in [6.45, 7) is 0. The van der Waals surface area contributed by atoms with Crippen LogP contribution in [0.3, 0.4) is 0 Å². The van der Waals surface area contributed by atoms with Crippen molar-refractivity contribution in [3.8, 4) is 0 Å². The molecule has 1 heterocycles. The predicted molar refractivity (Wildman–Crippen MR) is 40.3 cm³/mol. The molecule has 0 aliphatic carbocycles. The second kappa shape index (κ2) is 3.24. The molecule has 0 amide bonds. The number of alkyl halides is 3. The van der Waals surface area contributed by atoms with Gasteiger partial charge in [-0.05, 0) is 6.07 Å². The summed E-state index contributed by atoms with van der Waals surface area (Å²) in [5.41, 5.74) is 0. The van der Waals surface area contributed by atoms with E-state index in [1.807, 2.05) is 0 Å². The van der Waals surface area contributed by atoms with Crippen LogP contribution in [0.5, 0.6) is 0 Å². The summed E-state index contributed by atoms with van der Waals surface area (Å²) in [5.74, 6) is 0. The van der Waals surface area contributed by atoms with Crippen LogP contribution in [0, 0.1) is 0 Å². The molecule has 0 spiro atoms. The van der Waals surface area contributed by atoms with E-state index < -0.39 is 12.3 Å². The quantitative estimate of drug-likeness (QED) is 0.765. The molecule has 1 N–H and O–H groups in total. The van der Waals surface area contributed by atoms with E-state index in [1.54, 1.807) is 0 Å². The van der Waals surface area contributed by atoms with Gasteiger partial charge in [0.2, 0.25) is 0 Å². The Morgan fingerprint density at radius 2 is 2.08 bits per heavy atom. The van der Waals surface area contributed by atoms with Crippen molar-refractivity contribution in [1.29, 1.82) is 0 Å². The van der Waals surface area contributed by atoms with Gasteiger partial charge in [-0.1, -0.05) is 11.6 Å². The highest BCUT2D eigenvalue weighted by atomic mass is 35.5. The van der Waals surface area contributed by atoms with Crippen molar-refractivity contribution in [3.05, 3.63) is 21.3 Å². The Balaban J connectivity index is 2.85. The summed E-state index contributed by atoms with van der Waals surface area (Å²) in [5, 5.41) is 10.2. The summed E-state index contributed by atoms with van der Waals surface area (Å²) in [7, 11) is 0. The zero-order chi connectivity index (χ0) is 9.35. The van der Waals surface area contributed by atoms with Crippen LogP contribution in [-0.2, 0) is 0 Å². The predicted octanol–water partition coefficient (Wildman–Crippen LogP) is 3.00. The van der Waals surface area contributed by atoms with E-state index in [4.69, 9.17) is 16.7 Å². The van der Waals surface area contributed by atoms with Crippen molar-refractivity contribution in [2.24, 2.45) is 0 Å². The maximum Gasteiger partial charge on any atom is 0.419 e. The van der Waals surface area contributed by atoms with Crippen molar-refractivity contribution in [2.45, 2.75) is 12.3 Å². The van der Waals surface area contributed by atoms with E-state index in [-0.39, 0.29) is 9.90 Å². The average molecular weight is 217 g/mol. The lowest BCUT2D eigenvalue weighted by atomic mass is 10.3. The van der Waals surface area contributed by atoms with Gasteiger partial charge < -0.3 is 5.11 Å². The highest BCUT2D eigenvalue weighted by Crippen LogP contribution is 2.36. The van der Waals surface area contributed by atoms with Crippen molar-refractivity contribution in [2.75, 3.05) is 0 Å². The van der Waals surface area contributed by atoms with Crippen LogP contribution < -0.4 is 0 Å². The zero-order valence-corrected chi connectivity index (χ0v) is 7.17. The molecule has 0 aromatic carbocycles. The van der Waals surface area contributed by atoms with Gasteiger partial charge in [-0.2, -0.15) is 13.2 Å². The number of hydrogen-bond donors (Lipinski definition) is 1. The molecule has 0 fully saturated rings. The second-order valence-electron chi connectivity index (χ2n) is 2.11. The summed E-state index contributed by atoms with van der Waals surface area (Å²) >= 11 is 6.17. The maximum atomic E-state index is 11.9. The maximum absolute atomic E-state index is 11.9. The largest absolute Gasteiger partial charge is 0.419 e. The van der Waals surface area contributed by atoms with E-state index in [9.17, 15) is 13.2 Å². The Labute approximate surface area is 75.4 Å². The third-order valence-corrected chi connectivity index (χ3v) is 2.50. The Kier molecular flexibility index (Phi) is 2.65. The zero-order valence-electron chi connectivity index (χ0n) is 5.60. The molecule has 0 unspecified atom stereocenters. The van der Waals surface area contributed by atoms with Gasteiger partial charge in [0.1, 0.15) is 0 Å². The standard InChI is InChI=1S/C6H4ClF3OS/c7-3-1-4(12-2-3)5(11)6(8,9)10/h1-2,5,11H/t5-/m1/s1. The number of aliphatic hydroxyl groups excluding tert-OH is 1. The fourth-order valence-electron chi connectivity index (χ4n) is 0.633. The summed E-state index contributed by atoms with van der Waals surface area (Å²) in [6.07, 6.45) is -7.04. The first-order valence-corrected chi connectivity index (χ1v) is 4.15. The van der Waals surface area contributed by atoms with Crippen LogP contribution in [0.15, 0.2) is 11.4 Å². The number of rotatable bonds is 1. The van der Waals surface area contributed by atoms with Crippen molar-refractivity contribution >= 4 is 22.9 Å². The minimum atomic E-state index is -4.62. The van der Waals surface area contributed by atoms with E-state index in [1.165, 1.54) is 5.38 Å². The topological polar surface area (TPSA) is 20.2 Å². The van der Waals surface area contributed by atoms with Gasteiger partial charge >= 0.3 is 6.18 Å². The molecule has 0 radical (unpaired) electrons. The van der Waals surface area contributed by atoms with Gasteiger partial charge in [0.25, 0.3) is 0 Å². The Bertz CT molecular complexity index is 270. The Morgan fingerprint density at radius 1 is 1.50 bits per heavy atom. The van der Waals surface area contributed by atoms with Crippen LogP contribution in [0.1, 0.15) is 11.0 Å². The van der Waals surface area contributed by atoms with Crippen molar-refractivity contribution in [3.63, 3.8) is 0 Å². The van der Waals surface area contributed by atoms with Crippen molar-refractivity contribution in [1.82, 2.24) is 0 Å². The van der Waals surface area contributed by atoms with Crippen LogP contribution in [0.4, 0.5) is 13.2 Å². The van der Waals surface area contributed by atoms with Crippen LogP contribution >= 0.6 is 22.9 Å². The molecule has 1 aromatic rings. The molecule has 0 aliphatic heterocycles. The lowest BCUT2D eigenvalue weighted by Gasteiger charge is -2.11. The molecule has 0 aliphatic rings. The van der Waals surface area contributed by atoms with Gasteiger partial charge in [0.05, 0.1) is 5.02 Å². The minimum absolute atomic E-state index is 0.187. The van der Waals surface area contributed by atoms with Crippen LogP contribution in [-0.4, -0.2) is 11.3 Å². The molecule has 0 saturated heterocycles. The normalized spacial score (nSPS) is 14.8. The van der Waals surface area contributed by atoms with E-state index in [0.717, 1.165) is 17.4 Å². The molecule has 6 heteroatoms. The lowest BCUT2D eigenvalue weighted by molar-refractivity contribution is -0.205. The first kappa shape index (κ1) is 9.83.